The quantitative estimate of drug-likeness (QED) is 0.0916. The summed E-state index contributed by atoms with van der Waals surface area (Å²) in [5, 5.41) is 24.5. The molecule has 7 rings (SSSR count). The van der Waals surface area contributed by atoms with Crippen molar-refractivity contribution in [3.05, 3.63) is 126 Å². The van der Waals surface area contributed by atoms with Gasteiger partial charge in [0.15, 0.2) is 0 Å². The first-order valence-corrected chi connectivity index (χ1v) is 17.2. The number of carbonyl (C=O) groups is 2. The predicted molar refractivity (Wildman–Crippen MR) is 193 cm³/mol. The van der Waals surface area contributed by atoms with E-state index in [2.05, 4.69) is 17.2 Å². The van der Waals surface area contributed by atoms with Crippen LogP contribution in [-0.2, 0) is 14.2 Å². The normalized spacial score (nSPS) is 22.3. The Morgan fingerprint density at radius 2 is 1.73 bits per heavy atom. The number of para-hydroxylation sites is 1. The first-order valence-electron chi connectivity index (χ1n) is 17.2. The van der Waals surface area contributed by atoms with E-state index in [-0.39, 0.29) is 29.8 Å². The highest BCUT2D eigenvalue weighted by molar-refractivity contribution is 6.43. The molecule has 0 saturated carbocycles. The number of benzene rings is 3. The monoisotopic (exact) mass is 653 g/mol. The summed E-state index contributed by atoms with van der Waals surface area (Å²) in [4.78, 5) is 34.2. The molecular formula is C40H40BN3O5. The molecule has 248 valence electrons. The van der Waals surface area contributed by atoms with E-state index in [0.29, 0.717) is 24.9 Å². The maximum absolute atomic E-state index is 14.2. The number of hydrogen-bond acceptors (Lipinski definition) is 7. The summed E-state index contributed by atoms with van der Waals surface area (Å²) in [6, 6.07) is 30.1. The van der Waals surface area contributed by atoms with Crippen molar-refractivity contribution in [2.24, 2.45) is 17.8 Å². The lowest BCUT2D eigenvalue weighted by Gasteiger charge is -2.43. The van der Waals surface area contributed by atoms with Gasteiger partial charge in [0.1, 0.15) is 5.75 Å². The number of phenols is 1. The van der Waals surface area contributed by atoms with Gasteiger partial charge in [0.05, 0.1) is 29.3 Å². The van der Waals surface area contributed by atoms with Gasteiger partial charge in [-0.25, -0.2) is 0 Å². The topological polar surface area (TPSA) is 112 Å². The second-order valence-electron chi connectivity index (χ2n) is 13.1. The van der Waals surface area contributed by atoms with Crippen LogP contribution in [0.15, 0.2) is 114 Å². The highest BCUT2D eigenvalue weighted by Gasteiger charge is 2.57. The van der Waals surface area contributed by atoms with Crippen LogP contribution in [0, 0.1) is 17.8 Å². The van der Waals surface area contributed by atoms with E-state index in [4.69, 9.17) is 4.65 Å². The molecule has 2 amide bonds. The van der Waals surface area contributed by atoms with Crippen LogP contribution < -0.4 is 10.2 Å². The highest BCUT2D eigenvalue weighted by Crippen LogP contribution is 2.52. The van der Waals surface area contributed by atoms with Gasteiger partial charge in [0.2, 0.25) is 11.8 Å². The summed E-state index contributed by atoms with van der Waals surface area (Å²) in [7, 11) is -1.05. The number of amides is 2. The van der Waals surface area contributed by atoms with Gasteiger partial charge in [-0.1, -0.05) is 55.3 Å². The molecular weight excluding hydrogens is 613 g/mol. The molecule has 4 aromatic rings. The zero-order chi connectivity index (χ0) is 33.9. The van der Waals surface area contributed by atoms with E-state index in [9.17, 15) is 19.7 Å². The van der Waals surface area contributed by atoms with Gasteiger partial charge >= 0.3 is 7.12 Å². The fraction of sp³-hybridized carbons (Fsp3) is 0.275. The van der Waals surface area contributed by atoms with E-state index in [0.717, 1.165) is 46.6 Å². The van der Waals surface area contributed by atoms with Gasteiger partial charge in [-0.15, -0.1) is 0 Å². The number of fused-ring (bicyclic) bond motifs is 3. The van der Waals surface area contributed by atoms with Crippen LogP contribution >= 0.6 is 0 Å². The molecule has 3 aliphatic rings. The van der Waals surface area contributed by atoms with Crippen LogP contribution in [-0.4, -0.2) is 40.2 Å². The van der Waals surface area contributed by atoms with Crippen LogP contribution in [0.3, 0.4) is 0 Å². The van der Waals surface area contributed by atoms with E-state index in [1.807, 2.05) is 91.0 Å². The number of nitrogens with one attached hydrogen (secondary N) is 1. The van der Waals surface area contributed by atoms with Crippen molar-refractivity contribution in [1.29, 1.82) is 0 Å². The Hall–Kier alpha value is -4.99. The molecule has 0 spiro atoms. The number of carbonyl (C=O) groups excluding carboxylic acids is 2. The molecule has 0 bridgehead atoms. The van der Waals surface area contributed by atoms with Crippen LogP contribution in [0.2, 0.25) is 6.32 Å². The number of nitrogens with zero attached hydrogens (tertiary/aromatic N) is 2. The van der Waals surface area contributed by atoms with Crippen molar-refractivity contribution in [2.45, 2.75) is 51.5 Å². The van der Waals surface area contributed by atoms with Gasteiger partial charge in [0, 0.05) is 17.6 Å². The second-order valence-corrected chi connectivity index (χ2v) is 13.1. The van der Waals surface area contributed by atoms with E-state index < -0.39 is 25.1 Å². The number of rotatable bonds is 10. The summed E-state index contributed by atoms with van der Waals surface area (Å²) >= 11 is 0. The Morgan fingerprint density at radius 1 is 0.959 bits per heavy atom. The Balaban J connectivity index is 1.16. The van der Waals surface area contributed by atoms with Gasteiger partial charge in [-0.3, -0.25) is 19.5 Å². The van der Waals surface area contributed by atoms with Gasteiger partial charge < -0.3 is 20.1 Å². The van der Waals surface area contributed by atoms with Crippen molar-refractivity contribution in [3.8, 4) is 5.75 Å². The van der Waals surface area contributed by atoms with Crippen molar-refractivity contribution in [2.75, 3.05) is 10.2 Å². The molecule has 4 atom stereocenters. The molecule has 3 heterocycles. The maximum atomic E-state index is 14.2. The van der Waals surface area contributed by atoms with Gasteiger partial charge in [0.25, 0.3) is 0 Å². The number of allylic oxidation sites excluding steroid dienone is 2. The predicted octanol–water partition coefficient (Wildman–Crippen LogP) is 7.65. The number of imide groups is 1. The molecule has 2 aliphatic heterocycles. The van der Waals surface area contributed by atoms with Crippen LogP contribution in [0.1, 0.15) is 50.3 Å². The summed E-state index contributed by atoms with van der Waals surface area (Å²) in [5.41, 5.74) is 7.27. The molecule has 0 radical (unpaired) electrons. The first-order chi connectivity index (χ1) is 23.9. The van der Waals surface area contributed by atoms with Crippen LogP contribution in [0.5, 0.6) is 5.75 Å². The third kappa shape index (κ3) is 6.82. The van der Waals surface area contributed by atoms with Crippen molar-refractivity contribution < 1.29 is 24.4 Å². The second kappa shape index (κ2) is 14.2. The Bertz CT molecular complexity index is 1880. The minimum atomic E-state index is -1.05. The van der Waals surface area contributed by atoms with Crippen molar-refractivity contribution in [3.63, 3.8) is 0 Å². The molecule has 0 unspecified atom stereocenters. The summed E-state index contributed by atoms with van der Waals surface area (Å²) in [6.45, 7) is 2.12. The van der Waals surface area contributed by atoms with Gasteiger partial charge in [-0.2, -0.15) is 0 Å². The zero-order valence-electron chi connectivity index (χ0n) is 27.5. The Morgan fingerprint density at radius 3 is 2.47 bits per heavy atom. The lowest BCUT2D eigenvalue weighted by Crippen LogP contribution is -2.46. The van der Waals surface area contributed by atoms with E-state index >= 15 is 0 Å². The molecule has 1 aromatic heterocycles. The molecule has 3 aromatic carbocycles. The Labute approximate surface area is 287 Å². The summed E-state index contributed by atoms with van der Waals surface area (Å²) < 4.78 is 6.27. The largest absolute Gasteiger partial charge is 0.508 e. The minimum Gasteiger partial charge on any atom is -0.508 e. The molecule has 1 aliphatic carbocycles. The third-order valence-electron chi connectivity index (χ3n) is 9.93. The first kappa shape index (κ1) is 32.6. The lowest BCUT2D eigenvalue weighted by molar-refractivity contribution is -0.122. The average molecular weight is 654 g/mol. The molecule has 49 heavy (non-hydrogen) atoms. The number of aromatic nitrogens is 1. The van der Waals surface area contributed by atoms with E-state index in [1.54, 1.807) is 18.3 Å². The minimum absolute atomic E-state index is 0.171. The van der Waals surface area contributed by atoms with Crippen molar-refractivity contribution >= 4 is 47.6 Å². The molecule has 9 heteroatoms. The molecule has 8 nitrogen and oxygen atoms in total. The fourth-order valence-corrected chi connectivity index (χ4v) is 7.87. The number of pyridine rings is 1. The maximum Gasteiger partial charge on any atom is 0.455 e. The van der Waals surface area contributed by atoms with Crippen LogP contribution in [0.25, 0.3) is 11.6 Å². The van der Waals surface area contributed by atoms with E-state index in [1.165, 1.54) is 10.5 Å². The molecule has 3 N–H and O–H groups in total. The van der Waals surface area contributed by atoms with Crippen molar-refractivity contribution in [1.82, 2.24) is 4.98 Å². The lowest BCUT2D eigenvalue weighted by atomic mass is 9.58. The standard InChI is InChI=1S/C40H40BN3O5/c1-2-9-28-24-33-38(40(47)44(39(33)46)31-18-16-30(17-19-31)43-29-11-4-3-5-12-29)34-25-41(48)49-36(37(28)34)20-15-27(35-14-6-7-21-42-35)22-26-10-8-13-32(45)23-26/h3-8,10-14,16-19,21-23,33-34,36,38,43,45,48H,2,9,15,20,24-25H2,1H3/b27-22-/t33-,34+,36-,38-/m1/s1. The number of hydrogen-bond donors (Lipinski definition) is 3. The highest BCUT2D eigenvalue weighted by atomic mass is 16.5. The molecule has 2 saturated heterocycles. The number of anilines is 3. The Kier molecular flexibility index (Phi) is 9.46. The smallest absolute Gasteiger partial charge is 0.455 e. The zero-order valence-corrected chi connectivity index (χ0v) is 27.5. The number of phenolic OH excluding ortho intramolecular Hbond substituents is 1. The summed E-state index contributed by atoms with van der Waals surface area (Å²) in [5.74, 6) is -1.50. The average Bonchev–Trinajstić information content (AvgIpc) is 3.36. The fourth-order valence-electron chi connectivity index (χ4n) is 7.87. The number of aromatic hydroxyl groups is 1. The SMILES string of the molecule is CCCC1=C2[C@@H](CC/C(=C/c3cccc(O)c3)c3ccccn3)OB(O)C[C@@H]2[C@@H]2C(=O)N(c3ccc(Nc4ccccc4)cc3)C(=O)[C@@H]2C1. The van der Waals surface area contributed by atoms with Crippen LogP contribution in [0.4, 0.5) is 17.1 Å². The van der Waals surface area contributed by atoms with Gasteiger partial charge in [-0.05, 0) is 121 Å². The third-order valence-corrected chi connectivity index (χ3v) is 9.93. The summed E-state index contributed by atoms with van der Waals surface area (Å²) in [6.07, 6.45) is 7.03. The molecule has 2 fully saturated rings.